The third-order valence-corrected chi connectivity index (χ3v) is 3.80. The van der Waals surface area contributed by atoms with Crippen LogP contribution in [0.15, 0.2) is 0 Å². The molecule has 4 nitrogen and oxygen atoms in total. The van der Waals surface area contributed by atoms with E-state index in [0.29, 0.717) is 19.4 Å². The summed E-state index contributed by atoms with van der Waals surface area (Å²) in [5.41, 5.74) is 0. The minimum atomic E-state index is -2.71. The lowest BCUT2D eigenvalue weighted by Gasteiger charge is -2.20. The van der Waals surface area contributed by atoms with Gasteiger partial charge in [0.1, 0.15) is 5.78 Å². The van der Waals surface area contributed by atoms with Crippen molar-refractivity contribution in [3.8, 4) is 131 Å². The average molecular weight is 501 g/mol. The summed E-state index contributed by atoms with van der Waals surface area (Å²) in [6, 6.07) is 0. The second kappa shape index (κ2) is 25.6. The Morgan fingerprint density at radius 3 is 1.30 bits per heavy atom. The molecule has 0 unspecified atom stereocenters. The van der Waals surface area contributed by atoms with Crippen LogP contribution in [0.1, 0.15) is 19.8 Å². The molecule has 0 fully saturated rings. The van der Waals surface area contributed by atoms with Crippen molar-refractivity contribution in [3.63, 3.8) is 0 Å². The van der Waals surface area contributed by atoms with Gasteiger partial charge in [0.2, 0.25) is 0 Å². The van der Waals surface area contributed by atoms with E-state index < -0.39 is 7.37 Å². The van der Waals surface area contributed by atoms with E-state index in [4.69, 9.17) is 22.1 Å². The van der Waals surface area contributed by atoms with Crippen molar-refractivity contribution in [1.29, 1.82) is 0 Å². The van der Waals surface area contributed by atoms with Crippen molar-refractivity contribution in [2.75, 3.05) is 27.0 Å². The lowest BCUT2D eigenvalue weighted by Crippen LogP contribution is -2.18. The molecule has 0 aliphatic rings. The Kier molecular flexibility index (Phi) is 23.6. The highest BCUT2D eigenvalue weighted by molar-refractivity contribution is 7.59. The van der Waals surface area contributed by atoms with Gasteiger partial charge in [-0.05, 0) is 101 Å². The lowest BCUT2D eigenvalue weighted by molar-refractivity contribution is -0.120. The van der Waals surface area contributed by atoms with E-state index >= 15 is 0 Å². The molecular weight excluding hydrogens is 479 g/mol. The molecule has 0 saturated heterocycles. The van der Waals surface area contributed by atoms with E-state index in [1.807, 2.05) is 6.92 Å². The number of hydrogen-bond donors (Lipinski definition) is 0. The predicted octanol–water partition coefficient (Wildman–Crippen LogP) is 2.62. The van der Waals surface area contributed by atoms with Gasteiger partial charge in [-0.15, -0.1) is 12.8 Å². The first-order valence-corrected chi connectivity index (χ1v) is 12.5. The molecular formula is C32H22O4P-. The summed E-state index contributed by atoms with van der Waals surface area (Å²) in [6.07, 6.45) is 10.7. The van der Waals surface area contributed by atoms with Gasteiger partial charge in [0, 0.05) is 49.6 Å². The number of rotatable bonds is 8. The van der Waals surface area contributed by atoms with E-state index in [1.165, 1.54) is 6.66 Å². The molecule has 0 heterocycles. The van der Waals surface area contributed by atoms with Crippen LogP contribution in [0.4, 0.5) is 0 Å². The van der Waals surface area contributed by atoms with Gasteiger partial charge in [0.15, 0.2) is 0 Å². The van der Waals surface area contributed by atoms with E-state index in [0.717, 1.165) is 0 Å². The molecule has 0 spiro atoms. The molecule has 37 heavy (non-hydrogen) atoms. The second-order valence-corrected chi connectivity index (χ2v) is 8.55. The van der Waals surface area contributed by atoms with Crippen LogP contribution >= 0.6 is 7.37 Å². The van der Waals surface area contributed by atoms with Crippen molar-refractivity contribution in [2.24, 2.45) is 5.92 Å². The van der Waals surface area contributed by atoms with Gasteiger partial charge in [0.05, 0.1) is 20.6 Å². The number of methoxy groups -OCH3 is 1. The fraction of sp³-hybridized carbons (Fsp3) is 0.250. The molecule has 0 aliphatic carbocycles. The number of terminal acetylenes is 2. The number of ether oxygens (including phenoxy) is 1. The maximum Gasteiger partial charge on any atom is 0.133 e. The summed E-state index contributed by atoms with van der Waals surface area (Å²) in [7, 11) is -1.14. The van der Waals surface area contributed by atoms with Crippen LogP contribution in [-0.4, -0.2) is 32.8 Å². The molecule has 0 saturated carbocycles. The van der Waals surface area contributed by atoms with Gasteiger partial charge in [-0.1, -0.05) is 6.92 Å². The zero-order valence-corrected chi connectivity index (χ0v) is 21.7. The minimum Gasteiger partial charge on any atom is -0.384 e. The zero-order chi connectivity index (χ0) is 28.0. The zero-order valence-electron chi connectivity index (χ0n) is 20.8. The Morgan fingerprint density at radius 1 is 0.730 bits per heavy atom. The molecule has 0 N–H and O–H groups in total. The van der Waals surface area contributed by atoms with Crippen molar-refractivity contribution in [2.45, 2.75) is 19.8 Å². The molecule has 2 atom stereocenters. The van der Waals surface area contributed by atoms with Gasteiger partial charge in [-0.2, -0.15) is 0 Å². The highest BCUT2D eigenvalue weighted by Gasteiger charge is 2.14. The quantitative estimate of drug-likeness (QED) is 0.292. The highest BCUT2D eigenvalue weighted by atomic mass is 31.2. The van der Waals surface area contributed by atoms with Crippen LogP contribution in [0.5, 0.6) is 0 Å². The van der Waals surface area contributed by atoms with Crippen LogP contribution in [0.2, 0.25) is 0 Å². The van der Waals surface area contributed by atoms with Crippen LogP contribution in [0.25, 0.3) is 0 Å². The summed E-state index contributed by atoms with van der Waals surface area (Å²) in [4.78, 5) is 11.2. The number of ketones is 1. The van der Waals surface area contributed by atoms with Crippen LogP contribution in [0, 0.1) is 144 Å². The second-order valence-electron chi connectivity index (χ2n) is 6.27. The third kappa shape index (κ3) is 31.0. The Balaban J connectivity index is 0. The first kappa shape index (κ1) is 34.1. The van der Waals surface area contributed by atoms with Crippen molar-refractivity contribution in [1.82, 2.24) is 0 Å². The van der Waals surface area contributed by atoms with Crippen LogP contribution < -0.4 is 0 Å². The fourth-order valence-electron chi connectivity index (χ4n) is 1.70. The summed E-state index contributed by atoms with van der Waals surface area (Å²) >= 11 is 0. The molecule has 0 aliphatic heterocycles. The topological polar surface area (TPSA) is 52.6 Å². The van der Waals surface area contributed by atoms with Crippen molar-refractivity contribution >= 4 is 13.2 Å². The smallest absolute Gasteiger partial charge is 0.133 e. The molecule has 180 valence electrons. The van der Waals surface area contributed by atoms with Crippen LogP contribution in [0.3, 0.4) is 0 Å². The van der Waals surface area contributed by atoms with Gasteiger partial charge in [-0.3, -0.25) is 11.5 Å². The monoisotopic (exact) mass is 501 g/mol. The van der Waals surface area contributed by atoms with Crippen molar-refractivity contribution in [3.05, 3.63) is 6.66 Å². The average Bonchev–Trinajstić information content (AvgIpc) is 2.86. The molecule has 5 heteroatoms. The Morgan fingerprint density at radius 2 is 1.05 bits per heavy atom. The van der Waals surface area contributed by atoms with E-state index in [2.05, 4.69) is 125 Å². The first-order chi connectivity index (χ1) is 17.8. The van der Waals surface area contributed by atoms with Gasteiger partial charge in [0.25, 0.3) is 0 Å². The maximum absolute atomic E-state index is 11.2. The van der Waals surface area contributed by atoms with E-state index in [1.54, 1.807) is 7.11 Å². The summed E-state index contributed by atoms with van der Waals surface area (Å²) in [6.45, 7) is 7.38. The fourth-order valence-corrected chi connectivity index (χ4v) is 2.23. The Hall–Kier alpha value is -5.02. The number of Topliss-reactive ketones (excluding diaryl/α,β-unsaturated/α-hetero) is 1. The highest BCUT2D eigenvalue weighted by Crippen LogP contribution is 2.40. The minimum absolute atomic E-state index is 0.0301. The molecule has 0 radical (unpaired) electrons. The van der Waals surface area contributed by atoms with Gasteiger partial charge >= 0.3 is 0 Å². The van der Waals surface area contributed by atoms with Crippen molar-refractivity contribution < 1.29 is 18.6 Å². The van der Waals surface area contributed by atoms with Gasteiger partial charge < -0.3 is 13.8 Å². The number of hydrogen-bond acceptors (Lipinski definition) is 4. The predicted molar refractivity (Wildman–Crippen MR) is 148 cm³/mol. The van der Waals surface area contributed by atoms with E-state index in [-0.39, 0.29) is 18.3 Å². The number of carbonyl (C=O) groups excluding carboxylic acids is 1. The van der Waals surface area contributed by atoms with Gasteiger partial charge in [-0.25, -0.2) is 0 Å². The lowest BCUT2D eigenvalue weighted by atomic mass is 10.0. The largest absolute Gasteiger partial charge is 0.384 e. The Labute approximate surface area is 222 Å². The maximum atomic E-state index is 11.2. The molecule has 0 rings (SSSR count). The standard InChI is InChI=1S/C22H2.C10H20O4P/c1-3-5-7-9-11-13-15-17-19-21-22-20-18-16-14-12-10-8-6-4-2;1-5-10(11)6-9(7-13-2)8-14-15(3,4)12/h1-2H;9H,3,5-8H2,1-2,4H3/q;-1/t;9-,15+/m.0/s1. The van der Waals surface area contributed by atoms with E-state index in [9.17, 15) is 9.36 Å². The summed E-state index contributed by atoms with van der Waals surface area (Å²) in [5.74, 6) is 48.3. The van der Waals surface area contributed by atoms with Crippen LogP contribution in [-0.2, 0) is 18.6 Å². The molecule has 0 aromatic carbocycles. The Bertz CT molecular complexity index is 1400. The number of carbonyl (C=O) groups is 1. The third-order valence-electron chi connectivity index (χ3n) is 3.10. The molecule has 0 bridgehead atoms. The molecule has 0 amide bonds. The normalized spacial score (nSPS) is 9.14. The summed E-state index contributed by atoms with van der Waals surface area (Å²) in [5, 5.41) is 0. The molecule has 0 aromatic heterocycles. The summed E-state index contributed by atoms with van der Waals surface area (Å²) < 4.78 is 21.3. The SMILES string of the molecule is C#CC#CC#CC#CC#CC#CC#CC#CC#CC#CC#C.[CH2-][P@@](C)(=O)OC[C@H](COC)CC(=O)CC. The first-order valence-electron chi connectivity index (χ1n) is 10.3. The molecule has 0 aromatic rings.